The molecule has 0 saturated heterocycles. The maximum Gasteiger partial charge on any atom is 0.161 e. The van der Waals surface area contributed by atoms with Crippen LogP contribution in [0.2, 0.25) is 0 Å². The van der Waals surface area contributed by atoms with Crippen molar-refractivity contribution >= 4 is 12.4 Å². The predicted molar refractivity (Wildman–Crippen MR) is 71.1 cm³/mol. The van der Waals surface area contributed by atoms with E-state index in [2.05, 4.69) is 0 Å². The van der Waals surface area contributed by atoms with Crippen molar-refractivity contribution in [3.05, 3.63) is 23.8 Å². The Labute approximate surface area is 109 Å². The van der Waals surface area contributed by atoms with E-state index >= 15 is 0 Å². The lowest BCUT2D eigenvalue weighted by Crippen LogP contribution is -2.12. The Morgan fingerprint density at radius 3 is 2.59 bits per heavy atom. The standard InChI is InChI=1S/C13H19NO2.ClH/c1-3-16-11-7-6-10(8-12(11)15-2)13(14)9-4-5-9;/h6-9,13H,3-5,14H2,1-2H3;1H/t13-;/m1./s1. The first-order chi connectivity index (χ1) is 7.76. The van der Waals surface area contributed by atoms with Crippen LogP contribution in [0.5, 0.6) is 11.5 Å². The summed E-state index contributed by atoms with van der Waals surface area (Å²) in [5, 5.41) is 0. The first-order valence-corrected chi connectivity index (χ1v) is 5.82. The highest BCUT2D eigenvalue weighted by Gasteiger charge is 2.29. The van der Waals surface area contributed by atoms with E-state index in [9.17, 15) is 0 Å². The molecule has 0 aliphatic heterocycles. The molecule has 1 saturated carbocycles. The molecule has 0 amide bonds. The summed E-state index contributed by atoms with van der Waals surface area (Å²) in [5.74, 6) is 2.22. The van der Waals surface area contributed by atoms with Gasteiger partial charge < -0.3 is 15.2 Å². The molecule has 1 aliphatic rings. The summed E-state index contributed by atoms with van der Waals surface area (Å²) in [7, 11) is 1.66. The Kier molecular flexibility index (Phi) is 5.09. The van der Waals surface area contributed by atoms with E-state index in [-0.39, 0.29) is 18.4 Å². The molecule has 0 radical (unpaired) electrons. The van der Waals surface area contributed by atoms with Crippen LogP contribution in [0.1, 0.15) is 31.4 Å². The molecule has 1 aromatic rings. The zero-order chi connectivity index (χ0) is 11.5. The van der Waals surface area contributed by atoms with E-state index in [0.717, 1.165) is 17.1 Å². The van der Waals surface area contributed by atoms with Crippen LogP contribution in [0.4, 0.5) is 0 Å². The second-order valence-corrected chi connectivity index (χ2v) is 4.21. The molecule has 17 heavy (non-hydrogen) atoms. The number of hydrogen-bond donors (Lipinski definition) is 1. The van der Waals surface area contributed by atoms with Crippen LogP contribution in [0.3, 0.4) is 0 Å². The van der Waals surface area contributed by atoms with Crippen LogP contribution in [-0.4, -0.2) is 13.7 Å². The van der Waals surface area contributed by atoms with E-state index in [1.54, 1.807) is 7.11 Å². The monoisotopic (exact) mass is 257 g/mol. The Morgan fingerprint density at radius 2 is 2.06 bits per heavy atom. The predicted octanol–water partition coefficient (Wildman–Crippen LogP) is 2.93. The minimum absolute atomic E-state index is 0. The average molecular weight is 258 g/mol. The first-order valence-electron chi connectivity index (χ1n) is 5.82. The van der Waals surface area contributed by atoms with Gasteiger partial charge in [-0.3, -0.25) is 0 Å². The van der Waals surface area contributed by atoms with Crippen molar-refractivity contribution in [2.75, 3.05) is 13.7 Å². The van der Waals surface area contributed by atoms with Crippen molar-refractivity contribution in [1.82, 2.24) is 0 Å². The fourth-order valence-electron chi connectivity index (χ4n) is 1.89. The normalized spacial score (nSPS) is 15.9. The maximum absolute atomic E-state index is 6.15. The van der Waals surface area contributed by atoms with Gasteiger partial charge in [-0.2, -0.15) is 0 Å². The largest absolute Gasteiger partial charge is 0.493 e. The van der Waals surface area contributed by atoms with Gasteiger partial charge in [0.1, 0.15) is 0 Å². The van der Waals surface area contributed by atoms with Crippen LogP contribution in [0, 0.1) is 5.92 Å². The first kappa shape index (κ1) is 14.1. The molecule has 1 fully saturated rings. The summed E-state index contributed by atoms with van der Waals surface area (Å²) in [4.78, 5) is 0. The van der Waals surface area contributed by atoms with Gasteiger partial charge in [-0.15, -0.1) is 12.4 Å². The lowest BCUT2D eigenvalue weighted by Gasteiger charge is -2.14. The van der Waals surface area contributed by atoms with Crippen LogP contribution >= 0.6 is 12.4 Å². The Hall–Kier alpha value is -0.930. The molecule has 0 heterocycles. The smallest absolute Gasteiger partial charge is 0.161 e. The van der Waals surface area contributed by atoms with E-state index in [0.29, 0.717) is 12.5 Å². The number of hydrogen-bond acceptors (Lipinski definition) is 3. The van der Waals surface area contributed by atoms with Gasteiger partial charge >= 0.3 is 0 Å². The second kappa shape index (κ2) is 6.12. The summed E-state index contributed by atoms with van der Waals surface area (Å²) in [6.07, 6.45) is 2.49. The van der Waals surface area contributed by atoms with Gasteiger partial charge in [0, 0.05) is 6.04 Å². The second-order valence-electron chi connectivity index (χ2n) is 4.21. The van der Waals surface area contributed by atoms with Gasteiger partial charge in [-0.1, -0.05) is 6.07 Å². The van der Waals surface area contributed by atoms with Crippen molar-refractivity contribution in [2.45, 2.75) is 25.8 Å². The molecule has 4 heteroatoms. The third kappa shape index (κ3) is 3.27. The number of nitrogens with two attached hydrogens (primary N) is 1. The molecule has 1 aliphatic carbocycles. The number of rotatable bonds is 5. The molecule has 1 atom stereocenters. The Bertz CT molecular complexity index is 366. The third-order valence-corrected chi connectivity index (χ3v) is 3.00. The minimum Gasteiger partial charge on any atom is -0.493 e. The van der Waals surface area contributed by atoms with Crippen molar-refractivity contribution in [1.29, 1.82) is 0 Å². The molecule has 0 spiro atoms. The fraction of sp³-hybridized carbons (Fsp3) is 0.538. The lowest BCUT2D eigenvalue weighted by molar-refractivity contribution is 0.310. The summed E-state index contributed by atoms with van der Waals surface area (Å²) in [6, 6.07) is 6.12. The molecule has 2 N–H and O–H groups in total. The molecular weight excluding hydrogens is 238 g/mol. The molecule has 0 unspecified atom stereocenters. The van der Waals surface area contributed by atoms with E-state index < -0.39 is 0 Å². The van der Waals surface area contributed by atoms with Gasteiger partial charge in [0.25, 0.3) is 0 Å². The van der Waals surface area contributed by atoms with Crippen molar-refractivity contribution in [2.24, 2.45) is 11.7 Å². The fourth-order valence-corrected chi connectivity index (χ4v) is 1.89. The molecule has 0 bridgehead atoms. The van der Waals surface area contributed by atoms with Gasteiger partial charge in [-0.25, -0.2) is 0 Å². The highest BCUT2D eigenvalue weighted by atomic mass is 35.5. The average Bonchev–Trinajstić information content (AvgIpc) is 3.13. The van der Waals surface area contributed by atoms with Gasteiger partial charge in [0.05, 0.1) is 13.7 Å². The van der Waals surface area contributed by atoms with Crippen LogP contribution in [-0.2, 0) is 0 Å². The number of methoxy groups -OCH3 is 1. The van der Waals surface area contributed by atoms with Crippen molar-refractivity contribution < 1.29 is 9.47 Å². The molecular formula is C13H20ClNO2. The topological polar surface area (TPSA) is 44.5 Å². The Balaban J connectivity index is 0.00000144. The van der Waals surface area contributed by atoms with E-state index in [1.807, 2.05) is 25.1 Å². The van der Waals surface area contributed by atoms with Gasteiger partial charge in [0.15, 0.2) is 11.5 Å². The SMILES string of the molecule is CCOc1ccc([C@H](N)C2CC2)cc1OC.Cl. The highest BCUT2D eigenvalue weighted by Crippen LogP contribution is 2.41. The summed E-state index contributed by atoms with van der Waals surface area (Å²) < 4.78 is 10.8. The number of halogens is 1. The summed E-state index contributed by atoms with van der Waals surface area (Å²) in [6.45, 7) is 2.60. The molecule has 2 rings (SSSR count). The highest BCUT2D eigenvalue weighted by molar-refractivity contribution is 5.85. The molecule has 1 aromatic carbocycles. The minimum atomic E-state index is 0. The third-order valence-electron chi connectivity index (χ3n) is 3.00. The summed E-state index contributed by atoms with van der Waals surface area (Å²) in [5.41, 5.74) is 7.29. The molecule has 0 aromatic heterocycles. The quantitative estimate of drug-likeness (QED) is 0.882. The zero-order valence-corrected chi connectivity index (χ0v) is 11.1. The van der Waals surface area contributed by atoms with Crippen LogP contribution in [0.15, 0.2) is 18.2 Å². The number of benzene rings is 1. The van der Waals surface area contributed by atoms with E-state index in [1.165, 1.54) is 12.8 Å². The van der Waals surface area contributed by atoms with Crippen molar-refractivity contribution in [3.8, 4) is 11.5 Å². The summed E-state index contributed by atoms with van der Waals surface area (Å²) >= 11 is 0. The zero-order valence-electron chi connectivity index (χ0n) is 10.3. The number of ether oxygens (including phenoxy) is 2. The van der Waals surface area contributed by atoms with Gasteiger partial charge in [0.2, 0.25) is 0 Å². The molecule has 96 valence electrons. The Morgan fingerprint density at radius 1 is 1.35 bits per heavy atom. The van der Waals surface area contributed by atoms with E-state index in [4.69, 9.17) is 15.2 Å². The van der Waals surface area contributed by atoms with Crippen LogP contribution in [0.25, 0.3) is 0 Å². The van der Waals surface area contributed by atoms with Crippen LogP contribution < -0.4 is 15.2 Å². The lowest BCUT2D eigenvalue weighted by atomic mass is 10.0. The molecule has 3 nitrogen and oxygen atoms in total. The van der Waals surface area contributed by atoms with Crippen molar-refractivity contribution in [3.63, 3.8) is 0 Å². The van der Waals surface area contributed by atoms with Gasteiger partial charge in [-0.05, 0) is 43.4 Å². The maximum atomic E-state index is 6.15.